The highest BCUT2D eigenvalue weighted by atomic mass is 16.2. The van der Waals surface area contributed by atoms with Crippen LogP contribution in [0.1, 0.15) is 54.4 Å². The number of carbonyl (C=O) groups is 2. The molecule has 124 valence electrons. The van der Waals surface area contributed by atoms with Crippen molar-refractivity contribution in [3.05, 3.63) is 35.4 Å². The first-order valence-electron chi connectivity index (χ1n) is 8.80. The lowest BCUT2D eigenvalue weighted by Gasteiger charge is -2.32. The maximum Gasteiger partial charge on any atom is 0.253 e. The Kier molecular flexibility index (Phi) is 4.99. The number of aryl methyl sites for hydroxylation is 1. The molecule has 23 heavy (non-hydrogen) atoms. The van der Waals surface area contributed by atoms with E-state index >= 15 is 0 Å². The van der Waals surface area contributed by atoms with Crippen LogP contribution in [0.15, 0.2) is 24.3 Å². The fraction of sp³-hybridized carbons (Fsp3) is 0.579. The molecule has 1 aromatic carbocycles. The number of nitrogens with one attached hydrogen (secondary N) is 1. The normalized spacial score (nSPS) is 22.1. The van der Waals surface area contributed by atoms with Crippen LogP contribution in [0.3, 0.4) is 0 Å². The van der Waals surface area contributed by atoms with E-state index in [0.717, 1.165) is 43.4 Å². The van der Waals surface area contributed by atoms with Crippen LogP contribution in [0.25, 0.3) is 0 Å². The molecule has 4 nitrogen and oxygen atoms in total. The molecule has 1 saturated carbocycles. The third kappa shape index (κ3) is 3.92. The number of likely N-dealkylation sites (tertiary alicyclic amines) is 1. The van der Waals surface area contributed by atoms with Crippen LogP contribution in [0.2, 0.25) is 0 Å². The van der Waals surface area contributed by atoms with Gasteiger partial charge in [-0.1, -0.05) is 30.5 Å². The summed E-state index contributed by atoms with van der Waals surface area (Å²) in [6.07, 6.45) is 6.42. The molecule has 1 aromatic rings. The lowest BCUT2D eigenvalue weighted by atomic mass is 9.96. The minimum Gasteiger partial charge on any atom is -0.353 e. The lowest BCUT2D eigenvalue weighted by Crippen LogP contribution is -2.47. The van der Waals surface area contributed by atoms with Crippen LogP contribution in [0.4, 0.5) is 0 Å². The molecule has 1 heterocycles. The minimum atomic E-state index is -0.0573. The van der Waals surface area contributed by atoms with Crippen LogP contribution in [-0.2, 0) is 4.79 Å². The van der Waals surface area contributed by atoms with Gasteiger partial charge in [-0.05, 0) is 44.7 Å². The van der Waals surface area contributed by atoms with Gasteiger partial charge in [0.2, 0.25) is 5.91 Å². The Hall–Kier alpha value is -1.84. The van der Waals surface area contributed by atoms with Gasteiger partial charge in [0, 0.05) is 24.7 Å². The summed E-state index contributed by atoms with van der Waals surface area (Å²) < 4.78 is 0. The van der Waals surface area contributed by atoms with E-state index in [1.807, 2.05) is 36.1 Å². The Bertz CT molecular complexity index is 578. The van der Waals surface area contributed by atoms with Crippen molar-refractivity contribution in [2.24, 2.45) is 5.92 Å². The molecule has 1 atom stereocenters. The van der Waals surface area contributed by atoms with E-state index in [2.05, 4.69) is 5.32 Å². The average molecular weight is 314 g/mol. The van der Waals surface area contributed by atoms with Gasteiger partial charge in [0.1, 0.15) is 0 Å². The molecule has 4 heteroatoms. The van der Waals surface area contributed by atoms with Crippen molar-refractivity contribution < 1.29 is 9.59 Å². The Morgan fingerprint density at radius 1 is 1.13 bits per heavy atom. The summed E-state index contributed by atoms with van der Waals surface area (Å²) in [6.45, 7) is 3.29. The summed E-state index contributed by atoms with van der Waals surface area (Å²) in [7, 11) is 0. The summed E-state index contributed by atoms with van der Waals surface area (Å²) in [5, 5.41) is 3.18. The predicted octanol–water partition coefficient (Wildman–Crippen LogP) is 2.91. The van der Waals surface area contributed by atoms with Crippen molar-refractivity contribution >= 4 is 11.8 Å². The van der Waals surface area contributed by atoms with Gasteiger partial charge in [-0.3, -0.25) is 9.59 Å². The molecule has 0 aromatic heterocycles. The number of hydrogen-bond acceptors (Lipinski definition) is 2. The molecule has 2 fully saturated rings. The van der Waals surface area contributed by atoms with E-state index in [-0.39, 0.29) is 17.7 Å². The average Bonchev–Trinajstić information content (AvgIpc) is 3.07. The predicted molar refractivity (Wildman–Crippen MR) is 90.2 cm³/mol. The van der Waals surface area contributed by atoms with Crippen LogP contribution < -0.4 is 5.32 Å². The second kappa shape index (κ2) is 7.16. The van der Waals surface area contributed by atoms with Gasteiger partial charge in [-0.2, -0.15) is 0 Å². The zero-order valence-electron chi connectivity index (χ0n) is 13.9. The Balaban J connectivity index is 1.61. The molecule has 0 spiro atoms. The quantitative estimate of drug-likeness (QED) is 0.932. The van der Waals surface area contributed by atoms with E-state index in [0.29, 0.717) is 12.6 Å². The molecule has 0 radical (unpaired) electrons. The van der Waals surface area contributed by atoms with Gasteiger partial charge >= 0.3 is 0 Å². The SMILES string of the molecule is Cc1cccc(C(=O)N2CCCC(C(=O)NC3CCCC3)C2)c1. The molecule has 1 aliphatic carbocycles. The second-order valence-electron chi connectivity index (χ2n) is 6.95. The highest BCUT2D eigenvalue weighted by Gasteiger charge is 2.30. The maximum atomic E-state index is 12.7. The first kappa shape index (κ1) is 16.0. The maximum absolute atomic E-state index is 12.7. The summed E-state index contributed by atoms with van der Waals surface area (Å²) in [6, 6.07) is 8.04. The molecule has 3 rings (SSSR count). The number of hydrogen-bond donors (Lipinski definition) is 1. The molecule has 2 aliphatic rings. The molecule has 1 N–H and O–H groups in total. The standard InChI is InChI=1S/C19H26N2O2/c1-14-6-4-7-15(12-14)19(23)21-11-5-8-16(13-21)18(22)20-17-9-2-3-10-17/h4,6-7,12,16-17H,2-3,5,8-11,13H2,1H3,(H,20,22). The van der Waals surface area contributed by atoms with Crippen molar-refractivity contribution in [3.8, 4) is 0 Å². The smallest absolute Gasteiger partial charge is 0.253 e. The third-order valence-corrected chi connectivity index (χ3v) is 5.05. The zero-order valence-corrected chi connectivity index (χ0v) is 13.9. The van der Waals surface area contributed by atoms with E-state index in [4.69, 9.17) is 0 Å². The first-order chi connectivity index (χ1) is 11.1. The number of benzene rings is 1. The van der Waals surface area contributed by atoms with Gasteiger partial charge in [-0.15, -0.1) is 0 Å². The zero-order chi connectivity index (χ0) is 16.2. The van der Waals surface area contributed by atoms with Gasteiger partial charge in [0.25, 0.3) is 5.91 Å². The van der Waals surface area contributed by atoms with Crippen molar-refractivity contribution in [2.45, 2.75) is 51.5 Å². The third-order valence-electron chi connectivity index (χ3n) is 5.05. The first-order valence-corrected chi connectivity index (χ1v) is 8.80. The summed E-state index contributed by atoms with van der Waals surface area (Å²) >= 11 is 0. The van der Waals surface area contributed by atoms with Gasteiger partial charge in [0.05, 0.1) is 5.92 Å². The fourth-order valence-corrected chi connectivity index (χ4v) is 3.73. The molecule has 1 aliphatic heterocycles. The van der Waals surface area contributed by atoms with Crippen LogP contribution >= 0.6 is 0 Å². The van der Waals surface area contributed by atoms with Crippen molar-refractivity contribution in [1.82, 2.24) is 10.2 Å². The Labute approximate surface area is 138 Å². The Morgan fingerprint density at radius 2 is 1.91 bits per heavy atom. The van der Waals surface area contributed by atoms with E-state index in [1.165, 1.54) is 12.8 Å². The molecule has 1 unspecified atom stereocenters. The van der Waals surface area contributed by atoms with Crippen LogP contribution in [0.5, 0.6) is 0 Å². The summed E-state index contributed by atoms with van der Waals surface area (Å²) in [5.41, 5.74) is 1.81. The monoisotopic (exact) mass is 314 g/mol. The van der Waals surface area contributed by atoms with E-state index < -0.39 is 0 Å². The van der Waals surface area contributed by atoms with Gasteiger partial charge < -0.3 is 10.2 Å². The molecule has 0 bridgehead atoms. The summed E-state index contributed by atoms with van der Waals surface area (Å²) in [5.74, 6) is 0.129. The van der Waals surface area contributed by atoms with Crippen molar-refractivity contribution in [2.75, 3.05) is 13.1 Å². The molecular weight excluding hydrogens is 288 g/mol. The Morgan fingerprint density at radius 3 is 2.65 bits per heavy atom. The van der Waals surface area contributed by atoms with Gasteiger partial charge in [-0.25, -0.2) is 0 Å². The highest BCUT2D eigenvalue weighted by Crippen LogP contribution is 2.22. The number of rotatable bonds is 3. The molecule has 2 amide bonds. The lowest BCUT2D eigenvalue weighted by molar-refractivity contribution is -0.127. The second-order valence-corrected chi connectivity index (χ2v) is 6.95. The fourth-order valence-electron chi connectivity index (χ4n) is 3.73. The van der Waals surface area contributed by atoms with Crippen molar-refractivity contribution in [1.29, 1.82) is 0 Å². The minimum absolute atomic E-state index is 0.0482. The molecule has 1 saturated heterocycles. The van der Waals surface area contributed by atoms with Crippen molar-refractivity contribution in [3.63, 3.8) is 0 Å². The topological polar surface area (TPSA) is 49.4 Å². The summed E-state index contributed by atoms with van der Waals surface area (Å²) in [4.78, 5) is 27.0. The van der Waals surface area contributed by atoms with E-state index in [1.54, 1.807) is 0 Å². The van der Waals surface area contributed by atoms with Gasteiger partial charge in [0.15, 0.2) is 0 Å². The van der Waals surface area contributed by atoms with E-state index in [9.17, 15) is 9.59 Å². The molecular formula is C19H26N2O2. The number of amides is 2. The number of nitrogens with zero attached hydrogens (tertiary/aromatic N) is 1. The largest absolute Gasteiger partial charge is 0.353 e. The number of carbonyl (C=O) groups excluding carboxylic acids is 2. The highest BCUT2D eigenvalue weighted by molar-refractivity contribution is 5.95. The number of piperidine rings is 1. The van der Waals surface area contributed by atoms with Crippen LogP contribution in [-0.4, -0.2) is 35.8 Å². The van der Waals surface area contributed by atoms with Crippen LogP contribution in [0, 0.1) is 12.8 Å².